The number of likely N-dealkylation sites (N-methyl/N-ethyl adjacent to an activating group) is 1. The third kappa shape index (κ3) is 5.26. The Balaban J connectivity index is 0.000000956. The van der Waals surface area contributed by atoms with Crippen molar-refractivity contribution in [1.29, 1.82) is 0 Å². The van der Waals surface area contributed by atoms with Crippen LogP contribution in [0.15, 0.2) is 24.3 Å². The van der Waals surface area contributed by atoms with Gasteiger partial charge in [-0.15, -0.1) is 0 Å². The second kappa shape index (κ2) is 9.15. The van der Waals surface area contributed by atoms with Crippen LogP contribution < -0.4 is 0 Å². The summed E-state index contributed by atoms with van der Waals surface area (Å²) in [6.07, 6.45) is 0. The van der Waals surface area contributed by atoms with Gasteiger partial charge in [0, 0.05) is 32.7 Å². The first-order valence-electron chi connectivity index (χ1n) is 8.22. The molecular weight excluding hydrogens is 244 g/mol. The molecule has 20 heavy (non-hydrogen) atoms. The second-order valence-corrected chi connectivity index (χ2v) is 5.61. The first kappa shape index (κ1) is 17.2. The average molecular weight is 276 g/mol. The molecule has 0 amide bonds. The van der Waals surface area contributed by atoms with Crippen molar-refractivity contribution in [2.24, 2.45) is 0 Å². The topological polar surface area (TPSA) is 6.48 Å². The van der Waals surface area contributed by atoms with Crippen molar-refractivity contribution in [3.8, 4) is 0 Å². The molecule has 2 nitrogen and oxygen atoms in total. The summed E-state index contributed by atoms with van der Waals surface area (Å²) in [6.45, 7) is 17.9. The van der Waals surface area contributed by atoms with Crippen LogP contribution in [0, 0.1) is 0 Å². The van der Waals surface area contributed by atoms with E-state index in [0.717, 1.165) is 6.54 Å². The summed E-state index contributed by atoms with van der Waals surface area (Å²) in [6, 6.07) is 9.07. The molecule has 0 unspecified atom stereocenters. The molecule has 114 valence electrons. The van der Waals surface area contributed by atoms with Crippen molar-refractivity contribution < 1.29 is 0 Å². The van der Waals surface area contributed by atoms with Crippen LogP contribution in [0.1, 0.15) is 51.7 Å². The van der Waals surface area contributed by atoms with Gasteiger partial charge in [0.1, 0.15) is 0 Å². The lowest BCUT2D eigenvalue weighted by Gasteiger charge is -2.34. The molecule has 2 rings (SSSR count). The lowest BCUT2D eigenvalue weighted by atomic mass is 10.0. The summed E-state index contributed by atoms with van der Waals surface area (Å²) in [5.41, 5.74) is 2.92. The van der Waals surface area contributed by atoms with Crippen molar-refractivity contribution in [3.63, 3.8) is 0 Å². The van der Waals surface area contributed by atoms with E-state index in [4.69, 9.17) is 0 Å². The van der Waals surface area contributed by atoms with E-state index in [0.29, 0.717) is 5.92 Å². The Hall–Kier alpha value is -0.860. The Morgan fingerprint density at radius 3 is 2.15 bits per heavy atom. The third-order valence-electron chi connectivity index (χ3n) is 3.94. The fourth-order valence-corrected chi connectivity index (χ4v) is 2.57. The van der Waals surface area contributed by atoms with Gasteiger partial charge >= 0.3 is 0 Å². The minimum Gasteiger partial charge on any atom is -0.301 e. The number of benzene rings is 1. The minimum absolute atomic E-state index is 0.627. The summed E-state index contributed by atoms with van der Waals surface area (Å²) in [4.78, 5) is 5.10. The van der Waals surface area contributed by atoms with Crippen molar-refractivity contribution in [3.05, 3.63) is 35.4 Å². The largest absolute Gasteiger partial charge is 0.301 e. The molecule has 0 aromatic heterocycles. The van der Waals surface area contributed by atoms with E-state index < -0.39 is 0 Å². The summed E-state index contributed by atoms with van der Waals surface area (Å²) in [7, 11) is 0. The maximum absolute atomic E-state index is 2.58. The van der Waals surface area contributed by atoms with E-state index in [1.807, 2.05) is 13.8 Å². The molecule has 0 saturated carbocycles. The van der Waals surface area contributed by atoms with E-state index in [1.165, 1.54) is 43.9 Å². The maximum Gasteiger partial charge on any atom is 0.0234 e. The van der Waals surface area contributed by atoms with Crippen LogP contribution in [0.4, 0.5) is 0 Å². The van der Waals surface area contributed by atoms with E-state index in [2.05, 4.69) is 54.8 Å². The molecule has 1 aliphatic heterocycles. The van der Waals surface area contributed by atoms with Crippen LogP contribution in [-0.4, -0.2) is 42.5 Å². The molecule has 1 aromatic carbocycles. The Morgan fingerprint density at radius 1 is 1.00 bits per heavy atom. The van der Waals surface area contributed by atoms with Crippen LogP contribution in [0.2, 0.25) is 0 Å². The van der Waals surface area contributed by atoms with Gasteiger partial charge in [0.15, 0.2) is 0 Å². The van der Waals surface area contributed by atoms with Gasteiger partial charge in [-0.3, -0.25) is 4.90 Å². The number of piperazine rings is 1. The van der Waals surface area contributed by atoms with Crippen LogP contribution >= 0.6 is 0 Å². The normalized spacial score (nSPS) is 16.9. The van der Waals surface area contributed by atoms with E-state index >= 15 is 0 Å². The third-order valence-corrected chi connectivity index (χ3v) is 3.94. The van der Waals surface area contributed by atoms with Crippen LogP contribution in [-0.2, 0) is 6.54 Å². The Labute approximate surface area is 125 Å². The average Bonchev–Trinajstić information content (AvgIpc) is 2.50. The maximum atomic E-state index is 2.58. The highest BCUT2D eigenvalue weighted by Crippen LogP contribution is 2.17. The quantitative estimate of drug-likeness (QED) is 0.821. The van der Waals surface area contributed by atoms with Gasteiger partial charge in [0.05, 0.1) is 0 Å². The Bertz CT molecular complexity index is 365. The van der Waals surface area contributed by atoms with Gasteiger partial charge in [-0.2, -0.15) is 0 Å². The molecule has 0 radical (unpaired) electrons. The summed E-state index contributed by atoms with van der Waals surface area (Å²) in [5, 5.41) is 0. The zero-order chi connectivity index (χ0) is 15.0. The smallest absolute Gasteiger partial charge is 0.0234 e. The van der Waals surface area contributed by atoms with Gasteiger partial charge in [0.25, 0.3) is 0 Å². The summed E-state index contributed by atoms with van der Waals surface area (Å²) < 4.78 is 0. The van der Waals surface area contributed by atoms with Gasteiger partial charge in [-0.25, -0.2) is 0 Å². The molecule has 0 bridgehead atoms. The van der Waals surface area contributed by atoms with Crippen molar-refractivity contribution in [2.75, 3.05) is 32.7 Å². The predicted molar refractivity (Wildman–Crippen MR) is 89.3 cm³/mol. The highest BCUT2D eigenvalue weighted by Gasteiger charge is 2.15. The molecule has 0 atom stereocenters. The van der Waals surface area contributed by atoms with Crippen LogP contribution in [0.5, 0.6) is 0 Å². The first-order valence-corrected chi connectivity index (χ1v) is 8.22. The molecule has 2 heteroatoms. The Morgan fingerprint density at radius 2 is 1.60 bits per heavy atom. The zero-order valence-corrected chi connectivity index (χ0v) is 14.0. The van der Waals surface area contributed by atoms with Gasteiger partial charge in [0.2, 0.25) is 0 Å². The molecule has 1 heterocycles. The standard InChI is InChI=1S/C16H26N2.C2H6/c1-4-17-8-10-18(11-9-17)13-15-6-5-7-16(12-15)14(2)3;1-2/h5-7,12,14H,4,8-11,13H2,1-3H3;1-2H3. The zero-order valence-electron chi connectivity index (χ0n) is 14.0. The summed E-state index contributed by atoms with van der Waals surface area (Å²) >= 11 is 0. The number of rotatable bonds is 4. The highest BCUT2D eigenvalue weighted by molar-refractivity contribution is 5.25. The predicted octanol–water partition coefficient (Wildman–Crippen LogP) is 3.97. The van der Waals surface area contributed by atoms with Crippen molar-refractivity contribution >= 4 is 0 Å². The van der Waals surface area contributed by atoms with E-state index in [1.54, 1.807) is 0 Å². The molecule has 1 saturated heterocycles. The van der Waals surface area contributed by atoms with E-state index in [-0.39, 0.29) is 0 Å². The fraction of sp³-hybridized carbons (Fsp3) is 0.667. The second-order valence-electron chi connectivity index (χ2n) is 5.61. The number of hydrogen-bond donors (Lipinski definition) is 0. The van der Waals surface area contributed by atoms with Crippen molar-refractivity contribution in [2.45, 2.75) is 47.1 Å². The molecule has 1 fully saturated rings. The minimum atomic E-state index is 0.627. The monoisotopic (exact) mass is 276 g/mol. The van der Waals surface area contributed by atoms with Crippen LogP contribution in [0.3, 0.4) is 0 Å². The SMILES string of the molecule is CC.CCN1CCN(Cc2cccc(C(C)C)c2)CC1. The number of hydrogen-bond acceptors (Lipinski definition) is 2. The summed E-state index contributed by atoms with van der Waals surface area (Å²) in [5.74, 6) is 0.627. The van der Waals surface area contributed by atoms with Gasteiger partial charge < -0.3 is 4.90 Å². The Kier molecular flexibility index (Phi) is 7.86. The lowest BCUT2D eigenvalue weighted by molar-refractivity contribution is 0.132. The molecule has 0 N–H and O–H groups in total. The fourth-order valence-electron chi connectivity index (χ4n) is 2.57. The van der Waals surface area contributed by atoms with Crippen molar-refractivity contribution in [1.82, 2.24) is 9.80 Å². The molecular formula is C18H32N2. The first-order chi connectivity index (χ1) is 9.69. The lowest BCUT2D eigenvalue weighted by Crippen LogP contribution is -2.45. The van der Waals surface area contributed by atoms with Gasteiger partial charge in [-0.1, -0.05) is 58.9 Å². The molecule has 0 aliphatic carbocycles. The van der Waals surface area contributed by atoms with Crippen LogP contribution in [0.25, 0.3) is 0 Å². The van der Waals surface area contributed by atoms with E-state index in [9.17, 15) is 0 Å². The molecule has 1 aliphatic rings. The highest BCUT2D eigenvalue weighted by atomic mass is 15.3. The molecule has 0 spiro atoms. The molecule has 1 aromatic rings. The van der Waals surface area contributed by atoms with Gasteiger partial charge in [-0.05, 0) is 23.6 Å². The number of nitrogens with zero attached hydrogens (tertiary/aromatic N) is 2.